The Morgan fingerprint density at radius 1 is 1.24 bits per heavy atom. The molecule has 1 amide bonds. The molecule has 1 aliphatic heterocycles. The van der Waals surface area contributed by atoms with Gasteiger partial charge in [0.15, 0.2) is 0 Å². The van der Waals surface area contributed by atoms with E-state index in [2.05, 4.69) is 10.2 Å². The first-order chi connectivity index (χ1) is 10.2. The van der Waals surface area contributed by atoms with Gasteiger partial charge in [0.25, 0.3) is 0 Å². The second-order valence-electron chi connectivity index (χ2n) is 6.43. The van der Waals surface area contributed by atoms with Crippen molar-refractivity contribution in [2.75, 3.05) is 19.6 Å². The summed E-state index contributed by atoms with van der Waals surface area (Å²) in [7, 11) is 0. The lowest BCUT2D eigenvalue weighted by Crippen LogP contribution is -2.43. The molecule has 2 N–H and O–H groups in total. The van der Waals surface area contributed by atoms with Crippen molar-refractivity contribution in [2.24, 2.45) is 11.8 Å². The lowest BCUT2D eigenvalue weighted by molar-refractivity contribution is -0.126. The average Bonchev–Trinajstić information content (AvgIpc) is 3.32. The second-order valence-corrected chi connectivity index (χ2v) is 6.43. The highest BCUT2D eigenvalue weighted by molar-refractivity contribution is 5.79. The maximum absolute atomic E-state index is 12.2. The number of piperidine rings is 1. The van der Waals surface area contributed by atoms with E-state index < -0.39 is 0 Å². The van der Waals surface area contributed by atoms with Crippen molar-refractivity contribution in [1.82, 2.24) is 10.2 Å². The summed E-state index contributed by atoms with van der Waals surface area (Å²) in [6.45, 7) is 3.62. The predicted molar refractivity (Wildman–Crippen MR) is 81.8 cm³/mol. The van der Waals surface area contributed by atoms with Crippen molar-refractivity contribution in [3.05, 3.63) is 29.8 Å². The lowest BCUT2D eigenvalue weighted by Gasteiger charge is -2.32. The van der Waals surface area contributed by atoms with E-state index in [0.717, 1.165) is 44.9 Å². The number of benzene rings is 1. The number of likely N-dealkylation sites (tertiary alicyclic amines) is 1. The van der Waals surface area contributed by atoms with Gasteiger partial charge in [-0.1, -0.05) is 12.1 Å². The van der Waals surface area contributed by atoms with Crippen LogP contribution in [-0.4, -0.2) is 35.5 Å². The molecule has 2 aliphatic rings. The Bertz CT molecular complexity index is 482. The summed E-state index contributed by atoms with van der Waals surface area (Å²) in [5.41, 5.74) is 1.19. The fourth-order valence-electron chi connectivity index (χ4n) is 2.98. The first-order valence-electron chi connectivity index (χ1n) is 7.98. The summed E-state index contributed by atoms with van der Waals surface area (Å²) >= 11 is 0. The Labute approximate surface area is 126 Å². The minimum atomic E-state index is 0.134. The van der Waals surface area contributed by atoms with Gasteiger partial charge in [-0.25, -0.2) is 0 Å². The van der Waals surface area contributed by atoms with Gasteiger partial charge in [-0.2, -0.15) is 0 Å². The predicted octanol–water partition coefficient (Wildman–Crippen LogP) is 2.13. The number of nitrogens with zero attached hydrogens (tertiary/aromatic N) is 1. The lowest BCUT2D eigenvalue weighted by atomic mass is 9.96. The molecule has 1 heterocycles. The van der Waals surface area contributed by atoms with Crippen LogP contribution in [0.1, 0.15) is 31.2 Å². The number of rotatable bonds is 5. The third-order valence-corrected chi connectivity index (χ3v) is 4.48. The summed E-state index contributed by atoms with van der Waals surface area (Å²) in [6.07, 6.45) is 4.64. The van der Waals surface area contributed by atoms with Crippen molar-refractivity contribution in [3.8, 4) is 5.75 Å². The molecule has 0 unspecified atom stereocenters. The molecule has 0 bridgehead atoms. The Hall–Kier alpha value is -1.55. The van der Waals surface area contributed by atoms with Gasteiger partial charge in [0.1, 0.15) is 5.75 Å². The van der Waals surface area contributed by atoms with Crippen LogP contribution in [0.3, 0.4) is 0 Å². The summed E-state index contributed by atoms with van der Waals surface area (Å²) in [6, 6.07) is 7.34. The van der Waals surface area contributed by atoms with Crippen LogP contribution in [0.25, 0.3) is 0 Å². The minimum Gasteiger partial charge on any atom is -0.508 e. The van der Waals surface area contributed by atoms with Crippen molar-refractivity contribution < 1.29 is 9.90 Å². The quantitative estimate of drug-likeness (QED) is 0.872. The molecule has 4 heteroatoms. The summed E-state index contributed by atoms with van der Waals surface area (Å²) in [4.78, 5) is 14.5. The molecule has 1 saturated carbocycles. The molecule has 1 aromatic rings. The van der Waals surface area contributed by atoms with Gasteiger partial charge >= 0.3 is 0 Å². The van der Waals surface area contributed by atoms with Crippen molar-refractivity contribution in [2.45, 2.75) is 32.2 Å². The molecule has 114 valence electrons. The first-order valence-corrected chi connectivity index (χ1v) is 7.98. The second kappa shape index (κ2) is 6.48. The average molecular weight is 288 g/mol. The minimum absolute atomic E-state index is 0.134. The van der Waals surface area contributed by atoms with Crippen LogP contribution in [0.15, 0.2) is 24.3 Å². The van der Waals surface area contributed by atoms with Crippen LogP contribution >= 0.6 is 0 Å². The van der Waals surface area contributed by atoms with E-state index in [4.69, 9.17) is 0 Å². The molecule has 1 aliphatic carbocycles. The van der Waals surface area contributed by atoms with E-state index in [1.54, 1.807) is 12.1 Å². The van der Waals surface area contributed by atoms with Crippen molar-refractivity contribution >= 4 is 5.91 Å². The highest BCUT2D eigenvalue weighted by Gasteiger charge is 2.27. The highest BCUT2D eigenvalue weighted by atomic mass is 16.3. The molecule has 0 aromatic heterocycles. The maximum atomic E-state index is 12.2. The zero-order valence-corrected chi connectivity index (χ0v) is 12.4. The number of nitrogens with one attached hydrogen (secondary N) is 1. The number of aromatic hydroxyl groups is 1. The molecule has 1 atom stereocenters. The molecule has 1 aromatic carbocycles. The van der Waals surface area contributed by atoms with Gasteiger partial charge < -0.3 is 10.4 Å². The molecule has 0 radical (unpaired) electrons. The third-order valence-electron chi connectivity index (χ3n) is 4.48. The Morgan fingerprint density at radius 2 is 2.00 bits per heavy atom. The van der Waals surface area contributed by atoms with Crippen LogP contribution in [0, 0.1) is 11.8 Å². The normalized spacial score (nSPS) is 23.0. The van der Waals surface area contributed by atoms with Gasteiger partial charge in [0.05, 0.1) is 5.92 Å². The Kier molecular flexibility index (Phi) is 4.44. The highest BCUT2D eigenvalue weighted by Crippen LogP contribution is 2.28. The van der Waals surface area contributed by atoms with Crippen LogP contribution in [0.4, 0.5) is 0 Å². The van der Waals surface area contributed by atoms with E-state index in [1.807, 2.05) is 12.1 Å². The number of phenolic OH excluding ortho intramolecular Hbond substituents is 1. The Morgan fingerprint density at radius 3 is 2.71 bits per heavy atom. The Balaban J connectivity index is 1.49. The number of amides is 1. The third kappa shape index (κ3) is 4.21. The van der Waals surface area contributed by atoms with Crippen LogP contribution in [0.5, 0.6) is 5.75 Å². The van der Waals surface area contributed by atoms with Crippen LogP contribution < -0.4 is 5.32 Å². The smallest absolute Gasteiger partial charge is 0.224 e. The van der Waals surface area contributed by atoms with Crippen molar-refractivity contribution in [1.29, 1.82) is 0 Å². The van der Waals surface area contributed by atoms with E-state index >= 15 is 0 Å². The topological polar surface area (TPSA) is 52.6 Å². The van der Waals surface area contributed by atoms with E-state index in [1.165, 1.54) is 18.4 Å². The van der Waals surface area contributed by atoms with Gasteiger partial charge in [0.2, 0.25) is 5.91 Å². The molecule has 2 fully saturated rings. The zero-order chi connectivity index (χ0) is 14.7. The van der Waals surface area contributed by atoms with E-state index in [9.17, 15) is 9.90 Å². The van der Waals surface area contributed by atoms with Crippen LogP contribution in [-0.2, 0) is 11.3 Å². The largest absolute Gasteiger partial charge is 0.508 e. The summed E-state index contributed by atoms with van der Waals surface area (Å²) in [5.74, 6) is 1.41. The number of carbonyl (C=O) groups excluding carboxylic acids is 1. The number of phenols is 1. The number of hydrogen-bond donors (Lipinski definition) is 2. The molecule has 4 nitrogen and oxygen atoms in total. The zero-order valence-electron chi connectivity index (χ0n) is 12.4. The first kappa shape index (κ1) is 14.4. The monoisotopic (exact) mass is 288 g/mol. The van der Waals surface area contributed by atoms with Crippen molar-refractivity contribution in [3.63, 3.8) is 0 Å². The maximum Gasteiger partial charge on any atom is 0.224 e. The molecule has 0 spiro atoms. The van der Waals surface area contributed by atoms with Crippen LogP contribution in [0.2, 0.25) is 0 Å². The summed E-state index contributed by atoms with van der Waals surface area (Å²) < 4.78 is 0. The molecular weight excluding hydrogens is 264 g/mol. The fraction of sp³-hybridized carbons (Fsp3) is 0.588. The fourth-order valence-corrected chi connectivity index (χ4v) is 2.98. The number of hydrogen-bond acceptors (Lipinski definition) is 3. The molecule has 21 heavy (non-hydrogen) atoms. The van der Waals surface area contributed by atoms with Gasteiger partial charge in [-0.05, 0) is 55.8 Å². The van der Waals surface area contributed by atoms with Gasteiger partial charge in [0, 0.05) is 19.6 Å². The molecular formula is C17H24N2O2. The van der Waals surface area contributed by atoms with Gasteiger partial charge in [-0.15, -0.1) is 0 Å². The van der Waals surface area contributed by atoms with E-state index in [0.29, 0.717) is 5.75 Å². The molecule has 3 rings (SSSR count). The summed E-state index contributed by atoms with van der Waals surface area (Å²) in [5, 5.41) is 12.4. The number of carbonyl (C=O) groups is 1. The standard InChI is InChI=1S/C17H24N2O2/c20-16-7-5-14(6-8-16)11-19-9-1-2-15(12-19)17(21)18-10-13-3-4-13/h5-8,13,15,20H,1-4,9-12H2,(H,18,21)/t15-/m0/s1. The van der Waals surface area contributed by atoms with E-state index in [-0.39, 0.29) is 11.8 Å². The van der Waals surface area contributed by atoms with Gasteiger partial charge in [-0.3, -0.25) is 9.69 Å². The molecule has 1 saturated heterocycles. The SMILES string of the molecule is O=C(NCC1CC1)[C@H]1CCCN(Cc2ccc(O)cc2)C1.